The van der Waals surface area contributed by atoms with Gasteiger partial charge >= 0.3 is 0 Å². The fourth-order valence-electron chi connectivity index (χ4n) is 2.31. The molecule has 25 heavy (non-hydrogen) atoms. The first-order valence-corrected chi connectivity index (χ1v) is 9.17. The number of aryl methyl sites for hydroxylation is 1. The van der Waals surface area contributed by atoms with Gasteiger partial charge in [-0.15, -0.1) is 0 Å². The summed E-state index contributed by atoms with van der Waals surface area (Å²) in [6.07, 6.45) is 1.54. The van der Waals surface area contributed by atoms with Crippen molar-refractivity contribution in [1.82, 2.24) is 0 Å². The number of hydrogen-bond donors (Lipinski definition) is 3. The molecule has 2 aromatic carbocycles. The summed E-state index contributed by atoms with van der Waals surface area (Å²) in [7, 11) is -4.06. The van der Waals surface area contributed by atoms with Crippen molar-refractivity contribution in [1.29, 1.82) is 0 Å². The van der Waals surface area contributed by atoms with E-state index in [9.17, 15) is 22.7 Å². The maximum absolute atomic E-state index is 13.9. The molecule has 3 N–H and O–H groups in total. The maximum Gasteiger partial charge on any atom is 0.265 e. The van der Waals surface area contributed by atoms with Gasteiger partial charge < -0.3 is 10.4 Å². The zero-order valence-electron chi connectivity index (χ0n) is 13.4. The highest BCUT2D eigenvalue weighted by molar-refractivity contribution is 7.92. The molecule has 132 valence electrons. The topological polar surface area (TPSA) is 95.5 Å². The Morgan fingerprint density at radius 2 is 1.92 bits per heavy atom. The third-order valence-electron chi connectivity index (χ3n) is 3.83. The van der Waals surface area contributed by atoms with Gasteiger partial charge in [-0.3, -0.25) is 9.52 Å². The van der Waals surface area contributed by atoms with Crippen molar-refractivity contribution in [2.45, 2.75) is 24.7 Å². The van der Waals surface area contributed by atoms with E-state index in [0.29, 0.717) is 5.56 Å². The van der Waals surface area contributed by atoms with Crippen LogP contribution < -0.4 is 10.0 Å². The summed E-state index contributed by atoms with van der Waals surface area (Å²) in [5, 5.41) is 12.3. The monoisotopic (exact) mass is 364 g/mol. The van der Waals surface area contributed by atoms with Crippen LogP contribution in [-0.4, -0.2) is 19.4 Å². The molecule has 1 aliphatic carbocycles. The van der Waals surface area contributed by atoms with Crippen LogP contribution in [0.4, 0.5) is 15.8 Å². The van der Waals surface area contributed by atoms with E-state index >= 15 is 0 Å². The van der Waals surface area contributed by atoms with E-state index in [4.69, 9.17) is 0 Å². The minimum atomic E-state index is -4.06. The number of carbonyl (C=O) groups is 1. The largest absolute Gasteiger partial charge is 0.507 e. The van der Waals surface area contributed by atoms with E-state index in [0.717, 1.165) is 18.9 Å². The van der Waals surface area contributed by atoms with E-state index in [1.165, 1.54) is 24.3 Å². The molecule has 0 atom stereocenters. The molecule has 3 rings (SSSR count). The van der Waals surface area contributed by atoms with Gasteiger partial charge in [0.15, 0.2) is 0 Å². The SMILES string of the molecule is Cc1ccc(O)c(S(=O)(=O)Nc2ccc(F)c(NC(=O)C3CC3)c2)c1. The number of anilines is 2. The zero-order chi connectivity index (χ0) is 18.2. The number of amides is 1. The van der Waals surface area contributed by atoms with Crippen molar-refractivity contribution in [2.75, 3.05) is 10.0 Å². The van der Waals surface area contributed by atoms with Crippen LogP contribution in [0.2, 0.25) is 0 Å². The van der Waals surface area contributed by atoms with Crippen molar-refractivity contribution in [3.63, 3.8) is 0 Å². The van der Waals surface area contributed by atoms with Gasteiger partial charge in [0.25, 0.3) is 10.0 Å². The molecule has 0 radical (unpaired) electrons. The molecular weight excluding hydrogens is 347 g/mol. The standard InChI is InChI=1S/C17H17FN2O4S/c1-10-2-7-15(21)16(8-10)25(23,24)20-12-5-6-13(18)14(9-12)19-17(22)11-3-4-11/h2,5-9,11,20-21H,3-4H2,1H3,(H,19,22). The molecule has 1 fully saturated rings. The van der Waals surface area contributed by atoms with Crippen molar-refractivity contribution >= 4 is 27.3 Å². The Hall–Kier alpha value is -2.61. The number of phenols is 1. The summed E-state index contributed by atoms with van der Waals surface area (Å²) in [6, 6.07) is 7.72. The molecule has 1 saturated carbocycles. The van der Waals surface area contributed by atoms with E-state index in [-0.39, 0.29) is 33.8 Å². The normalized spacial score (nSPS) is 14.2. The van der Waals surface area contributed by atoms with Gasteiger partial charge in [-0.25, -0.2) is 12.8 Å². The van der Waals surface area contributed by atoms with E-state index in [2.05, 4.69) is 10.0 Å². The minimum absolute atomic E-state index is 0.0772. The smallest absolute Gasteiger partial charge is 0.265 e. The summed E-state index contributed by atoms with van der Waals surface area (Å²) in [4.78, 5) is 11.5. The lowest BCUT2D eigenvalue weighted by atomic mass is 10.2. The Labute approximate surface area is 144 Å². The lowest BCUT2D eigenvalue weighted by molar-refractivity contribution is -0.117. The van der Waals surface area contributed by atoms with E-state index < -0.39 is 15.8 Å². The Morgan fingerprint density at radius 1 is 1.20 bits per heavy atom. The quantitative estimate of drug-likeness (QED) is 0.760. The molecule has 0 aromatic heterocycles. The zero-order valence-corrected chi connectivity index (χ0v) is 14.2. The van der Waals surface area contributed by atoms with Crippen LogP contribution in [0.25, 0.3) is 0 Å². The molecule has 1 aliphatic rings. The molecule has 6 nitrogen and oxygen atoms in total. The lowest BCUT2D eigenvalue weighted by Crippen LogP contribution is -2.16. The molecular formula is C17H17FN2O4S. The molecule has 8 heteroatoms. The number of carbonyl (C=O) groups excluding carboxylic acids is 1. The molecule has 0 unspecified atom stereocenters. The van der Waals surface area contributed by atoms with Crippen LogP contribution in [0.15, 0.2) is 41.3 Å². The van der Waals surface area contributed by atoms with Crippen LogP contribution >= 0.6 is 0 Å². The van der Waals surface area contributed by atoms with E-state index in [1.54, 1.807) is 13.0 Å². The first-order valence-electron chi connectivity index (χ1n) is 7.69. The van der Waals surface area contributed by atoms with Gasteiger partial charge in [-0.2, -0.15) is 0 Å². The van der Waals surface area contributed by atoms with Crippen molar-refractivity contribution in [2.24, 2.45) is 5.92 Å². The predicted octanol–water partition coefficient (Wildman–Crippen LogP) is 2.99. The summed E-state index contributed by atoms with van der Waals surface area (Å²) in [5.74, 6) is -1.43. The highest BCUT2D eigenvalue weighted by Crippen LogP contribution is 2.31. The van der Waals surface area contributed by atoms with Gasteiger partial charge in [0.1, 0.15) is 16.5 Å². The number of phenolic OH excluding ortho intramolecular Hbond substituents is 1. The number of halogens is 1. The second-order valence-corrected chi connectivity index (χ2v) is 7.69. The molecule has 2 aromatic rings. The van der Waals surface area contributed by atoms with Crippen LogP contribution in [-0.2, 0) is 14.8 Å². The average Bonchev–Trinajstić information content (AvgIpc) is 3.37. The summed E-state index contributed by atoms with van der Waals surface area (Å²) < 4.78 is 41.1. The number of rotatable bonds is 5. The predicted molar refractivity (Wildman–Crippen MR) is 91.4 cm³/mol. The van der Waals surface area contributed by atoms with Crippen molar-refractivity contribution < 1.29 is 22.7 Å². The second kappa shape index (κ2) is 6.36. The highest BCUT2D eigenvalue weighted by Gasteiger charge is 2.30. The lowest BCUT2D eigenvalue weighted by Gasteiger charge is -2.12. The molecule has 0 spiro atoms. The number of aromatic hydroxyl groups is 1. The first-order chi connectivity index (χ1) is 11.8. The van der Waals surface area contributed by atoms with E-state index in [1.807, 2.05) is 0 Å². The number of sulfonamides is 1. The summed E-state index contributed by atoms with van der Waals surface area (Å²) in [5.41, 5.74) is 0.647. The fraction of sp³-hybridized carbons (Fsp3) is 0.235. The molecule has 0 aliphatic heterocycles. The van der Waals surface area contributed by atoms with Gasteiger partial charge in [0.2, 0.25) is 5.91 Å². The second-order valence-electron chi connectivity index (χ2n) is 6.03. The highest BCUT2D eigenvalue weighted by atomic mass is 32.2. The fourth-order valence-corrected chi connectivity index (χ4v) is 3.54. The molecule has 0 bridgehead atoms. The van der Waals surface area contributed by atoms with Crippen LogP contribution in [0.3, 0.4) is 0 Å². The Balaban J connectivity index is 1.86. The number of nitrogens with one attached hydrogen (secondary N) is 2. The third-order valence-corrected chi connectivity index (χ3v) is 5.24. The molecule has 0 saturated heterocycles. The summed E-state index contributed by atoms with van der Waals surface area (Å²) in [6.45, 7) is 1.70. The van der Waals surface area contributed by atoms with Gasteiger partial charge in [-0.05, 0) is 55.7 Å². The van der Waals surface area contributed by atoms with Gasteiger partial charge in [0.05, 0.1) is 11.4 Å². The molecule has 0 heterocycles. The first kappa shape index (κ1) is 17.2. The average molecular weight is 364 g/mol. The van der Waals surface area contributed by atoms with Crippen molar-refractivity contribution in [3.8, 4) is 5.75 Å². The van der Waals surface area contributed by atoms with Gasteiger partial charge in [-0.1, -0.05) is 6.07 Å². The minimum Gasteiger partial charge on any atom is -0.507 e. The summed E-state index contributed by atoms with van der Waals surface area (Å²) >= 11 is 0. The third kappa shape index (κ3) is 3.90. The maximum atomic E-state index is 13.9. The molecule has 1 amide bonds. The van der Waals surface area contributed by atoms with Crippen LogP contribution in [0.1, 0.15) is 18.4 Å². The van der Waals surface area contributed by atoms with Crippen LogP contribution in [0, 0.1) is 18.7 Å². The Bertz CT molecular complexity index is 940. The number of hydrogen-bond acceptors (Lipinski definition) is 4. The van der Waals surface area contributed by atoms with Crippen LogP contribution in [0.5, 0.6) is 5.75 Å². The number of benzene rings is 2. The Kier molecular flexibility index (Phi) is 4.38. The Morgan fingerprint density at radius 3 is 2.60 bits per heavy atom. The van der Waals surface area contributed by atoms with Gasteiger partial charge in [0, 0.05) is 5.92 Å². The van der Waals surface area contributed by atoms with Crippen molar-refractivity contribution in [3.05, 3.63) is 47.8 Å².